The lowest BCUT2D eigenvalue weighted by atomic mass is 10.2. The number of hydrogen-bond acceptors (Lipinski definition) is 3. The zero-order valence-corrected chi connectivity index (χ0v) is 9.00. The third-order valence-electron chi connectivity index (χ3n) is 1.72. The average Bonchev–Trinajstić information content (AvgIpc) is 2.25. The SMILES string of the molecule is C#CCSc1ccc(OC)c(C(=O)O)c1. The zero-order chi connectivity index (χ0) is 11.3. The van der Waals surface area contributed by atoms with E-state index in [0.29, 0.717) is 11.5 Å². The number of thioether (sulfide) groups is 1. The topological polar surface area (TPSA) is 46.5 Å². The number of carboxylic acids is 1. The van der Waals surface area contributed by atoms with Gasteiger partial charge >= 0.3 is 5.97 Å². The summed E-state index contributed by atoms with van der Waals surface area (Å²) < 4.78 is 4.94. The molecule has 4 heteroatoms. The fraction of sp³-hybridized carbons (Fsp3) is 0.182. The molecule has 1 aromatic carbocycles. The number of methoxy groups -OCH3 is 1. The number of carbonyl (C=O) groups is 1. The van der Waals surface area contributed by atoms with Crippen LogP contribution in [-0.2, 0) is 0 Å². The molecule has 0 aliphatic heterocycles. The number of rotatable bonds is 4. The summed E-state index contributed by atoms with van der Waals surface area (Å²) in [7, 11) is 1.44. The van der Waals surface area contributed by atoms with E-state index < -0.39 is 5.97 Å². The van der Waals surface area contributed by atoms with Gasteiger partial charge in [-0.05, 0) is 18.2 Å². The van der Waals surface area contributed by atoms with E-state index in [1.165, 1.54) is 18.9 Å². The Morgan fingerprint density at radius 1 is 1.67 bits per heavy atom. The normalized spacial score (nSPS) is 9.33. The third-order valence-corrected chi connectivity index (χ3v) is 2.62. The molecule has 0 spiro atoms. The lowest BCUT2D eigenvalue weighted by Crippen LogP contribution is -2.00. The largest absolute Gasteiger partial charge is 0.496 e. The number of terminal acetylenes is 1. The summed E-state index contributed by atoms with van der Waals surface area (Å²) in [5, 5.41) is 8.92. The minimum Gasteiger partial charge on any atom is -0.496 e. The quantitative estimate of drug-likeness (QED) is 0.626. The molecule has 0 atom stereocenters. The van der Waals surface area contributed by atoms with Crippen molar-refractivity contribution in [3.8, 4) is 18.1 Å². The Balaban J connectivity index is 3.00. The van der Waals surface area contributed by atoms with Crippen molar-refractivity contribution >= 4 is 17.7 Å². The molecule has 0 aliphatic carbocycles. The van der Waals surface area contributed by atoms with Crippen LogP contribution in [-0.4, -0.2) is 23.9 Å². The van der Waals surface area contributed by atoms with Crippen molar-refractivity contribution in [2.75, 3.05) is 12.9 Å². The van der Waals surface area contributed by atoms with E-state index in [2.05, 4.69) is 5.92 Å². The molecule has 0 aromatic heterocycles. The maximum atomic E-state index is 10.9. The van der Waals surface area contributed by atoms with Gasteiger partial charge in [0.25, 0.3) is 0 Å². The van der Waals surface area contributed by atoms with Crippen LogP contribution < -0.4 is 4.74 Å². The molecule has 0 saturated heterocycles. The van der Waals surface area contributed by atoms with E-state index >= 15 is 0 Å². The van der Waals surface area contributed by atoms with Crippen LogP contribution in [0, 0.1) is 12.3 Å². The first-order valence-corrected chi connectivity index (χ1v) is 5.15. The van der Waals surface area contributed by atoms with Crippen molar-refractivity contribution in [3.63, 3.8) is 0 Å². The molecule has 0 fully saturated rings. The summed E-state index contributed by atoms with van der Waals surface area (Å²) in [6.07, 6.45) is 5.12. The molecule has 0 unspecified atom stereocenters. The fourth-order valence-electron chi connectivity index (χ4n) is 1.07. The van der Waals surface area contributed by atoms with Crippen LogP contribution in [0.15, 0.2) is 23.1 Å². The van der Waals surface area contributed by atoms with Gasteiger partial charge in [-0.1, -0.05) is 5.92 Å². The molecule has 0 radical (unpaired) electrons. The van der Waals surface area contributed by atoms with Gasteiger partial charge < -0.3 is 9.84 Å². The van der Waals surface area contributed by atoms with Gasteiger partial charge in [-0.15, -0.1) is 18.2 Å². The molecule has 0 saturated carbocycles. The molecule has 0 aliphatic rings. The molecule has 78 valence electrons. The van der Waals surface area contributed by atoms with Crippen LogP contribution >= 0.6 is 11.8 Å². The van der Waals surface area contributed by atoms with Gasteiger partial charge in [0.15, 0.2) is 0 Å². The van der Waals surface area contributed by atoms with Gasteiger partial charge in [0.1, 0.15) is 11.3 Å². The number of aromatic carboxylic acids is 1. The number of carboxylic acid groups (broad SMARTS) is 1. The van der Waals surface area contributed by atoms with Crippen LogP contribution in [0.1, 0.15) is 10.4 Å². The van der Waals surface area contributed by atoms with E-state index in [-0.39, 0.29) is 5.56 Å². The second-order valence-electron chi connectivity index (χ2n) is 2.66. The molecule has 0 heterocycles. The molecular formula is C11H10O3S. The van der Waals surface area contributed by atoms with Crippen molar-refractivity contribution < 1.29 is 14.6 Å². The molecule has 3 nitrogen and oxygen atoms in total. The predicted octanol–water partition coefficient (Wildman–Crippen LogP) is 2.12. The Kier molecular flexibility index (Phi) is 4.07. The third kappa shape index (κ3) is 2.93. The zero-order valence-electron chi connectivity index (χ0n) is 8.19. The first-order chi connectivity index (χ1) is 7.19. The lowest BCUT2D eigenvalue weighted by Gasteiger charge is -2.06. The van der Waals surface area contributed by atoms with E-state index in [4.69, 9.17) is 16.3 Å². The highest BCUT2D eigenvalue weighted by Crippen LogP contribution is 2.25. The monoisotopic (exact) mass is 222 g/mol. The maximum Gasteiger partial charge on any atom is 0.339 e. The van der Waals surface area contributed by atoms with E-state index in [1.807, 2.05) is 0 Å². The Morgan fingerprint density at radius 2 is 2.40 bits per heavy atom. The summed E-state index contributed by atoms with van der Waals surface area (Å²) >= 11 is 1.42. The van der Waals surface area contributed by atoms with Gasteiger partial charge in [0.05, 0.1) is 12.9 Å². The molecule has 0 amide bonds. The smallest absolute Gasteiger partial charge is 0.339 e. The molecule has 1 aromatic rings. The highest BCUT2D eigenvalue weighted by molar-refractivity contribution is 7.99. The van der Waals surface area contributed by atoms with Crippen LogP contribution in [0.3, 0.4) is 0 Å². The van der Waals surface area contributed by atoms with Crippen LogP contribution in [0.5, 0.6) is 5.75 Å². The predicted molar refractivity (Wildman–Crippen MR) is 59.5 cm³/mol. The van der Waals surface area contributed by atoms with E-state index in [0.717, 1.165) is 4.90 Å². The fourth-order valence-corrected chi connectivity index (χ4v) is 1.68. The summed E-state index contributed by atoms with van der Waals surface area (Å²) in [5.41, 5.74) is 0.152. The van der Waals surface area contributed by atoms with Gasteiger partial charge in [-0.3, -0.25) is 0 Å². The van der Waals surface area contributed by atoms with E-state index in [9.17, 15) is 4.79 Å². The standard InChI is InChI=1S/C11H10O3S/c1-3-6-15-8-4-5-10(14-2)9(7-8)11(12)13/h1,4-5,7H,6H2,2H3,(H,12,13). The van der Waals surface area contributed by atoms with E-state index in [1.54, 1.807) is 18.2 Å². The van der Waals surface area contributed by atoms with Gasteiger partial charge in [0, 0.05) is 4.90 Å². The van der Waals surface area contributed by atoms with Crippen molar-refractivity contribution in [1.29, 1.82) is 0 Å². The van der Waals surface area contributed by atoms with Crippen molar-refractivity contribution in [2.45, 2.75) is 4.90 Å². The first kappa shape index (κ1) is 11.5. The second kappa shape index (κ2) is 5.32. The van der Waals surface area contributed by atoms with Crippen LogP contribution in [0.2, 0.25) is 0 Å². The Hall–Kier alpha value is -1.60. The van der Waals surface area contributed by atoms with Crippen molar-refractivity contribution in [2.24, 2.45) is 0 Å². The summed E-state index contributed by atoms with van der Waals surface area (Å²) in [5.74, 6) is 2.35. The van der Waals surface area contributed by atoms with Crippen molar-refractivity contribution in [3.05, 3.63) is 23.8 Å². The number of benzene rings is 1. The Bertz CT molecular complexity index is 407. The molecule has 1 N–H and O–H groups in total. The number of hydrogen-bond donors (Lipinski definition) is 1. The van der Waals surface area contributed by atoms with Crippen molar-refractivity contribution in [1.82, 2.24) is 0 Å². The molecule has 15 heavy (non-hydrogen) atoms. The Labute approximate surface area is 92.4 Å². The minimum absolute atomic E-state index is 0.152. The summed E-state index contributed by atoms with van der Waals surface area (Å²) in [4.78, 5) is 11.7. The highest BCUT2D eigenvalue weighted by atomic mass is 32.2. The lowest BCUT2D eigenvalue weighted by molar-refractivity contribution is 0.0693. The molecular weight excluding hydrogens is 212 g/mol. The molecule has 0 bridgehead atoms. The minimum atomic E-state index is -1.00. The highest BCUT2D eigenvalue weighted by Gasteiger charge is 2.11. The average molecular weight is 222 g/mol. The maximum absolute atomic E-state index is 10.9. The van der Waals surface area contributed by atoms with Crippen LogP contribution in [0.4, 0.5) is 0 Å². The van der Waals surface area contributed by atoms with Gasteiger partial charge in [-0.2, -0.15) is 0 Å². The summed E-state index contributed by atoms with van der Waals surface area (Å²) in [6.45, 7) is 0. The molecule has 1 rings (SSSR count). The Morgan fingerprint density at radius 3 is 2.93 bits per heavy atom. The first-order valence-electron chi connectivity index (χ1n) is 4.16. The van der Waals surface area contributed by atoms with Gasteiger partial charge in [-0.25, -0.2) is 4.79 Å². The van der Waals surface area contributed by atoms with Gasteiger partial charge in [0.2, 0.25) is 0 Å². The summed E-state index contributed by atoms with van der Waals surface area (Å²) in [6, 6.07) is 4.97. The van der Waals surface area contributed by atoms with Crippen LogP contribution in [0.25, 0.3) is 0 Å². The second-order valence-corrected chi connectivity index (χ2v) is 3.71. The number of ether oxygens (including phenoxy) is 1.